The summed E-state index contributed by atoms with van der Waals surface area (Å²) in [6.45, 7) is -0.653. The van der Waals surface area contributed by atoms with E-state index >= 15 is 0 Å². The van der Waals surface area contributed by atoms with Crippen LogP contribution in [0, 0.1) is 0 Å². The number of primary amides is 1. The van der Waals surface area contributed by atoms with Crippen molar-refractivity contribution in [2.45, 2.75) is 43.4 Å². The SMILES string of the molecule is COP(=O)(OCC(N)CCC(N)=O)OC[C@H]1OC(n2cnc3c(N)ncnc32)[C@H](O)[C@@H]1O. The van der Waals surface area contributed by atoms with Crippen LogP contribution in [0.1, 0.15) is 19.1 Å². The average molecular weight is 475 g/mol. The van der Waals surface area contributed by atoms with Gasteiger partial charge in [0.1, 0.15) is 30.2 Å². The Bertz CT molecular complexity index is 990. The van der Waals surface area contributed by atoms with Crippen LogP contribution in [0.4, 0.5) is 5.82 Å². The van der Waals surface area contributed by atoms with Crippen molar-refractivity contribution in [1.82, 2.24) is 19.5 Å². The zero-order chi connectivity index (χ0) is 23.5. The maximum absolute atomic E-state index is 12.6. The number of anilines is 1. The Kier molecular flexibility index (Phi) is 7.74. The van der Waals surface area contributed by atoms with Gasteiger partial charge in [0.15, 0.2) is 17.7 Å². The number of imidazole rings is 1. The number of aromatic nitrogens is 4. The number of hydrogen-bond acceptors (Lipinski definition) is 13. The second-order valence-electron chi connectivity index (χ2n) is 7.12. The van der Waals surface area contributed by atoms with Gasteiger partial charge >= 0.3 is 7.82 Å². The van der Waals surface area contributed by atoms with Gasteiger partial charge in [-0.2, -0.15) is 0 Å². The van der Waals surface area contributed by atoms with Gasteiger partial charge in [0.2, 0.25) is 5.91 Å². The van der Waals surface area contributed by atoms with Crippen molar-refractivity contribution in [3.63, 3.8) is 0 Å². The minimum Gasteiger partial charge on any atom is -0.387 e. The monoisotopic (exact) mass is 475 g/mol. The van der Waals surface area contributed by atoms with E-state index in [1.54, 1.807) is 0 Å². The maximum atomic E-state index is 12.6. The van der Waals surface area contributed by atoms with E-state index in [0.717, 1.165) is 7.11 Å². The number of hydrogen-bond donors (Lipinski definition) is 5. The van der Waals surface area contributed by atoms with Crippen LogP contribution >= 0.6 is 7.82 Å². The van der Waals surface area contributed by atoms with Crippen molar-refractivity contribution in [2.24, 2.45) is 11.5 Å². The van der Waals surface area contributed by atoms with Gasteiger partial charge in [0.05, 0.1) is 19.5 Å². The van der Waals surface area contributed by atoms with Gasteiger partial charge in [-0.3, -0.25) is 22.9 Å². The number of aliphatic hydroxyl groups is 2. The van der Waals surface area contributed by atoms with Gasteiger partial charge in [-0.15, -0.1) is 0 Å². The number of rotatable bonds is 11. The molecule has 16 heteroatoms. The Hall–Kier alpha value is -2.23. The molecule has 3 unspecified atom stereocenters. The fraction of sp³-hybridized carbons (Fsp3) is 0.625. The number of nitrogens with two attached hydrogens (primary N) is 3. The van der Waals surface area contributed by atoms with Crippen LogP contribution in [0.15, 0.2) is 12.7 Å². The van der Waals surface area contributed by atoms with Gasteiger partial charge in [-0.1, -0.05) is 0 Å². The topological polar surface area (TPSA) is 233 Å². The minimum atomic E-state index is -4.05. The highest BCUT2D eigenvalue weighted by Gasteiger charge is 2.45. The summed E-state index contributed by atoms with van der Waals surface area (Å²) in [5.74, 6) is -0.374. The molecule has 6 atom stereocenters. The molecule has 1 amide bonds. The summed E-state index contributed by atoms with van der Waals surface area (Å²) in [6, 6.07) is -0.627. The first-order chi connectivity index (χ1) is 15.1. The lowest BCUT2D eigenvalue weighted by atomic mass is 10.1. The van der Waals surface area contributed by atoms with Crippen LogP contribution in [0.2, 0.25) is 0 Å². The van der Waals surface area contributed by atoms with E-state index < -0.39 is 50.9 Å². The smallest absolute Gasteiger partial charge is 0.387 e. The van der Waals surface area contributed by atoms with Crippen molar-refractivity contribution in [2.75, 3.05) is 26.1 Å². The highest BCUT2D eigenvalue weighted by Crippen LogP contribution is 2.49. The number of carbonyl (C=O) groups is 1. The Morgan fingerprint density at radius 1 is 1.31 bits per heavy atom. The fourth-order valence-corrected chi connectivity index (χ4v) is 4.05. The van der Waals surface area contributed by atoms with Crippen LogP contribution in [0.25, 0.3) is 11.2 Å². The fourth-order valence-electron chi connectivity index (χ4n) is 3.06. The molecule has 0 spiro atoms. The van der Waals surface area contributed by atoms with Crippen LogP contribution in [0.5, 0.6) is 0 Å². The quantitative estimate of drug-likeness (QED) is 0.231. The van der Waals surface area contributed by atoms with E-state index in [0.29, 0.717) is 11.2 Å². The first-order valence-electron chi connectivity index (χ1n) is 9.58. The summed E-state index contributed by atoms with van der Waals surface area (Å²) < 4.78 is 34.9. The van der Waals surface area contributed by atoms with Gasteiger partial charge in [-0.05, 0) is 6.42 Å². The number of phosphoric acid groups is 1. The third kappa shape index (κ3) is 5.39. The molecule has 8 N–H and O–H groups in total. The Balaban J connectivity index is 1.61. The molecule has 0 bridgehead atoms. The molecule has 3 heterocycles. The number of aliphatic hydroxyl groups excluding tert-OH is 2. The molecule has 1 aliphatic heterocycles. The number of phosphoric ester groups is 1. The molecule has 1 saturated heterocycles. The molecule has 1 aliphatic rings. The number of fused-ring (bicyclic) bond motifs is 1. The van der Waals surface area contributed by atoms with E-state index in [9.17, 15) is 19.6 Å². The Morgan fingerprint density at radius 3 is 2.75 bits per heavy atom. The molecule has 15 nitrogen and oxygen atoms in total. The highest BCUT2D eigenvalue weighted by molar-refractivity contribution is 7.48. The highest BCUT2D eigenvalue weighted by atomic mass is 31.2. The minimum absolute atomic E-state index is 0.0452. The van der Waals surface area contributed by atoms with Crippen LogP contribution in [-0.4, -0.2) is 80.3 Å². The van der Waals surface area contributed by atoms with Crippen LogP contribution in [-0.2, 0) is 27.7 Å². The Morgan fingerprint density at radius 2 is 2.06 bits per heavy atom. The lowest BCUT2D eigenvalue weighted by molar-refractivity contribution is -0.118. The second-order valence-corrected chi connectivity index (χ2v) is 8.89. The molecular formula is C16H26N7O8P. The summed E-state index contributed by atoms with van der Waals surface area (Å²) in [6.07, 6.45) is -2.06. The van der Waals surface area contributed by atoms with E-state index in [-0.39, 0.29) is 25.3 Å². The third-order valence-electron chi connectivity index (χ3n) is 4.83. The van der Waals surface area contributed by atoms with Gasteiger partial charge in [0, 0.05) is 19.6 Å². The average Bonchev–Trinajstić information content (AvgIpc) is 3.31. The summed E-state index contributed by atoms with van der Waals surface area (Å²) in [5, 5.41) is 20.8. The lowest BCUT2D eigenvalue weighted by Crippen LogP contribution is -2.34. The van der Waals surface area contributed by atoms with Crippen molar-refractivity contribution < 1.29 is 37.9 Å². The standard InChI is InChI=1S/C16H26N7O8P/c1-28-32(27,29-4-8(17)2-3-10(18)24)30-5-9-12(25)13(26)16(31-9)23-7-22-11-14(19)20-6-21-15(11)23/h6-9,12-13,16,25-26H,2-5,17H2,1H3,(H2,18,24)(H2,19,20,21)/t8?,9-,12-,13-,16?,32?/m1/s1. The molecule has 1 fully saturated rings. The maximum Gasteiger partial charge on any atom is 0.474 e. The molecule has 0 aliphatic carbocycles. The van der Waals surface area contributed by atoms with E-state index in [1.165, 1.54) is 17.2 Å². The first kappa shape index (κ1) is 24.4. The molecule has 32 heavy (non-hydrogen) atoms. The number of nitrogen functional groups attached to an aromatic ring is 1. The molecule has 2 aromatic rings. The first-order valence-corrected chi connectivity index (χ1v) is 11.0. The normalized spacial score (nSPS) is 26.2. The van der Waals surface area contributed by atoms with E-state index in [4.69, 9.17) is 35.5 Å². The summed E-state index contributed by atoms with van der Waals surface area (Å²) >= 11 is 0. The van der Waals surface area contributed by atoms with Crippen LogP contribution in [0.3, 0.4) is 0 Å². The second kappa shape index (κ2) is 10.1. The molecule has 178 valence electrons. The molecule has 0 saturated carbocycles. The number of nitrogens with zero attached hydrogens (tertiary/aromatic N) is 4. The third-order valence-corrected chi connectivity index (χ3v) is 6.21. The van der Waals surface area contributed by atoms with Crippen molar-refractivity contribution >= 4 is 30.7 Å². The summed E-state index contributed by atoms with van der Waals surface area (Å²) in [7, 11) is -2.94. The molecular weight excluding hydrogens is 449 g/mol. The molecule has 0 radical (unpaired) electrons. The van der Waals surface area contributed by atoms with Gasteiger partial charge < -0.3 is 32.2 Å². The number of amides is 1. The molecule has 0 aromatic carbocycles. The zero-order valence-corrected chi connectivity index (χ0v) is 18.1. The van der Waals surface area contributed by atoms with Crippen molar-refractivity contribution in [1.29, 1.82) is 0 Å². The molecule has 3 rings (SSSR count). The van der Waals surface area contributed by atoms with Crippen LogP contribution < -0.4 is 17.2 Å². The lowest BCUT2D eigenvalue weighted by Gasteiger charge is -2.21. The summed E-state index contributed by atoms with van der Waals surface area (Å²) in [4.78, 5) is 22.8. The summed E-state index contributed by atoms with van der Waals surface area (Å²) in [5.41, 5.74) is 17.2. The predicted molar refractivity (Wildman–Crippen MR) is 109 cm³/mol. The van der Waals surface area contributed by atoms with E-state index in [2.05, 4.69) is 15.0 Å². The Labute approximate surface area is 182 Å². The zero-order valence-electron chi connectivity index (χ0n) is 17.2. The number of ether oxygens (including phenoxy) is 1. The van der Waals surface area contributed by atoms with Gasteiger partial charge in [-0.25, -0.2) is 19.5 Å². The van der Waals surface area contributed by atoms with E-state index in [1.807, 2.05) is 0 Å². The predicted octanol–water partition coefficient (Wildman–Crippen LogP) is -1.59. The van der Waals surface area contributed by atoms with Crippen molar-refractivity contribution in [3.8, 4) is 0 Å². The molecule has 2 aromatic heterocycles. The number of carbonyl (C=O) groups excluding carboxylic acids is 1. The van der Waals surface area contributed by atoms with Crippen molar-refractivity contribution in [3.05, 3.63) is 12.7 Å². The van der Waals surface area contributed by atoms with Gasteiger partial charge in [0.25, 0.3) is 0 Å². The largest absolute Gasteiger partial charge is 0.474 e.